The predicted octanol–water partition coefficient (Wildman–Crippen LogP) is 3.01. The molecule has 1 aliphatic heterocycles. The van der Waals surface area contributed by atoms with Crippen LogP contribution in [0.3, 0.4) is 0 Å². The fourth-order valence-corrected chi connectivity index (χ4v) is 4.26. The summed E-state index contributed by atoms with van der Waals surface area (Å²) >= 11 is 0. The van der Waals surface area contributed by atoms with Crippen LogP contribution in [0.1, 0.15) is 12.0 Å². The van der Waals surface area contributed by atoms with Crippen molar-refractivity contribution in [3.05, 3.63) is 70.4 Å². The lowest BCUT2D eigenvalue weighted by Gasteiger charge is -2.18. The number of rotatable bonds is 3. The van der Waals surface area contributed by atoms with E-state index in [9.17, 15) is 14.0 Å². The number of hydrogen-bond acceptors (Lipinski definition) is 3. The van der Waals surface area contributed by atoms with Crippen LogP contribution >= 0.6 is 0 Å². The first-order valence-corrected chi connectivity index (χ1v) is 9.56. The molecule has 146 valence electrons. The largest absolute Gasteiger partial charge is 0.312 e. The number of anilines is 1. The number of nitrogens with zero attached hydrogens (tertiary/aromatic N) is 4. The molecule has 1 aliphatic rings. The molecule has 29 heavy (non-hydrogen) atoms. The van der Waals surface area contributed by atoms with E-state index in [0.717, 1.165) is 23.1 Å². The van der Waals surface area contributed by atoms with E-state index in [0.29, 0.717) is 23.0 Å². The molecule has 2 aromatic heterocycles. The van der Waals surface area contributed by atoms with Crippen LogP contribution in [0.5, 0.6) is 0 Å². The zero-order valence-corrected chi connectivity index (χ0v) is 15.9. The van der Waals surface area contributed by atoms with E-state index >= 15 is 0 Å². The number of para-hydroxylation sites is 1. The lowest BCUT2D eigenvalue weighted by molar-refractivity contribution is -0.118. The maximum atomic E-state index is 14.0. The number of carbonyl (C=O) groups is 1. The minimum atomic E-state index is -0.424. The Labute approximate surface area is 165 Å². The zero-order valence-electron chi connectivity index (χ0n) is 15.9. The number of aromatic nitrogens is 3. The van der Waals surface area contributed by atoms with Crippen molar-refractivity contribution in [2.45, 2.75) is 19.4 Å². The quantitative estimate of drug-likeness (QED) is 0.540. The second-order valence-corrected chi connectivity index (χ2v) is 7.32. The molecule has 3 heterocycles. The molecule has 0 saturated carbocycles. The molecule has 0 N–H and O–H groups in total. The van der Waals surface area contributed by atoms with Gasteiger partial charge in [0.15, 0.2) is 0 Å². The van der Waals surface area contributed by atoms with Crippen LogP contribution < -0.4 is 10.5 Å². The van der Waals surface area contributed by atoms with Gasteiger partial charge in [-0.1, -0.05) is 18.2 Å². The number of carbonyl (C=O) groups excluding carboxylic acids is 1. The zero-order chi connectivity index (χ0) is 20.1. The second-order valence-electron chi connectivity index (χ2n) is 7.32. The number of aryl methyl sites for hydroxylation is 2. The summed E-state index contributed by atoms with van der Waals surface area (Å²) in [5, 5.41) is 5.39. The Balaban J connectivity index is 1.54. The highest BCUT2D eigenvalue weighted by molar-refractivity contribution is 6.03. The summed E-state index contributed by atoms with van der Waals surface area (Å²) in [6, 6.07) is 12.2. The van der Waals surface area contributed by atoms with E-state index in [-0.39, 0.29) is 24.4 Å². The Morgan fingerprint density at radius 2 is 2.00 bits per heavy atom. The average molecular weight is 390 g/mol. The summed E-state index contributed by atoms with van der Waals surface area (Å²) in [6.45, 7) is 0.825. The topological polar surface area (TPSA) is 60.1 Å². The summed E-state index contributed by atoms with van der Waals surface area (Å²) in [5.74, 6) is -0.468. The normalized spacial score (nSPS) is 13.4. The lowest BCUT2D eigenvalue weighted by Crippen LogP contribution is -2.31. The van der Waals surface area contributed by atoms with Crippen LogP contribution in [0.2, 0.25) is 0 Å². The molecule has 7 heteroatoms. The highest BCUT2D eigenvalue weighted by Gasteiger charge is 2.24. The van der Waals surface area contributed by atoms with Crippen molar-refractivity contribution in [3.63, 3.8) is 0 Å². The molecule has 0 aliphatic carbocycles. The van der Waals surface area contributed by atoms with Gasteiger partial charge in [0.1, 0.15) is 5.82 Å². The summed E-state index contributed by atoms with van der Waals surface area (Å²) in [5.41, 5.74) is 2.97. The molecule has 4 aromatic rings. The second kappa shape index (κ2) is 6.55. The van der Waals surface area contributed by atoms with Gasteiger partial charge in [-0.15, -0.1) is 0 Å². The third-order valence-electron chi connectivity index (χ3n) is 5.66. The first-order chi connectivity index (χ1) is 14.0. The van der Waals surface area contributed by atoms with Gasteiger partial charge >= 0.3 is 0 Å². The van der Waals surface area contributed by atoms with Gasteiger partial charge in [0.25, 0.3) is 5.56 Å². The Morgan fingerprint density at radius 3 is 2.86 bits per heavy atom. The van der Waals surface area contributed by atoms with E-state index in [1.807, 2.05) is 24.3 Å². The Morgan fingerprint density at radius 1 is 1.17 bits per heavy atom. The maximum Gasteiger partial charge on any atom is 0.262 e. The van der Waals surface area contributed by atoms with Gasteiger partial charge in [0.2, 0.25) is 5.91 Å². The first-order valence-electron chi connectivity index (χ1n) is 9.56. The Bertz CT molecular complexity index is 1340. The molecule has 0 fully saturated rings. The van der Waals surface area contributed by atoms with Crippen LogP contribution in [-0.2, 0) is 24.8 Å². The molecule has 0 radical (unpaired) electrons. The molecular weight excluding hydrogens is 371 g/mol. The number of pyridine rings is 1. The monoisotopic (exact) mass is 390 g/mol. The third kappa shape index (κ3) is 2.73. The number of halogens is 1. The van der Waals surface area contributed by atoms with E-state index < -0.39 is 5.82 Å². The summed E-state index contributed by atoms with van der Waals surface area (Å²) in [6.07, 6.45) is 2.51. The van der Waals surface area contributed by atoms with Crippen LogP contribution in [0.25, 0.3) is 21.8 Å². The molecule has 5 rings (SSSR count). The van der Waals surface area contributed by atoms with Crippen molar-refractivity contribution >= 4 is 33.4 Å². The van der Waals surface area contributed by atoms with Crippen molar-refractivity contribution in [2.75, 3.05) is 11.4 Å². The standard InChI is InChI=1S/C22H19FN4O2/c1-25-21-16-7-6-15(23)12-19(16)27(22(29)17(21)13-24-25)11-9-20(28)26-10-8-14-4-2-3-5-18(14)26/h2-7,12-13H,8-11H2,1H3. The van der Waals surface area contributed by atoms with Crippen LogP contribution in [-0.4, -0.2) is 26.8 Å². The molecule has 0 unspecified atom stereocenters. The van der Waals surface area contributed by atoms with Crippen LogP contribution in [0, 0.1) is 5.82 Å². The van der Waals surface area contributed by atoms with Gasteiger partial charge in [0, 0.05) is 37.6 Å². The number of benzene rings is 2. The van der Waals surface area contributed by atoms with E-state index in [2.05, 4.69) is 5.10 Å². The molecule has 0 spiro atoms. The van der Waals surface area contributed by atoms with Gasteiger partial charge in [-0.05, 0) is 36.2 Å². The minimum absolute atomic E-state index is 0.0438. The number of amides is 1. The third-order valence-corrected chi connectivity index (χ3v) is 5.66. The maximum absolute atomic E-state index is 14.0. The minimum Gasteiger partial charge on any atom is -0.312 e. The van der Waals surface area contributed by atoms with Gasteiger partial charge in [-0.3, -0.25) is 14.3 Å². The van der Waals surface area contributed by atoms with Crippen LogP contribution in [0.15, 0.2) is 53.5 Å². The molecule has 0 saturated heterocycles. The summed E-state index contributed by atoms with van der Waals surface area (Å²) in [7, 11) is 1.75. The van der Waals surface area contributed by atoms with E-state index in [4.69, 9.17) is 0 Å². The lowest BCUT2D eigenvalue weighted by atomic mass is 10.1. The molecule has 0 atom stereocenters. The van der Waals surface area contributed by atoms with E-state index in [1.165, 1.54) is 22.9 Å². The van der Waals surface area contributed by atoms with E-state index in [1.54, 1.807) is 22.7 Å². The predicted molar refractivity (Wildman–Crippen MR) is 110 cm³/mol. The highest BCUT2D eigenvalue weighted by atomic mass is 19.1. The van der Waals surface area contributed by atoms with Crippen molar-refractivity contribution in [1.82, 2.24) is 14.3 Å². The van der Waals surface area contributed by atoms with Gasteiger partial charge < -0.3 is 9.47 Å². The van der Waals surface area contributed by atoms with Crippen LogP contribution in [0.4, 0.5) is 10.1 Å². The summed E-state index contributed by atoms with van der Waals surface area (Å²) < 4.78 is 17.1. The first kappa shape index (κ1) is 17.6. The fraction of sp³-hybridized carbons (Fsp3) is 0.227. The molecule has 1 amide bonds. The Hall–Kier alpha value is -3.48. The molecular formula is C22H19FN4O2. The summed E-state index contributed by atoms with van der Waals surface area (Å²) in [4.78, 5) is 27.7. The average Bonchev–Trinajstić information content (AvgIpc) is 3.32. The highest BCUT2D eigenvalue weighted by Crippen LogP contribution is 2.28. The Kier molecular flexibility index (Phi) is 3.97. The van der Waals surface area contributed by atoms with Crippen molar-refractivity contribution < 1.29 is 9.18 Å². The van der Waals surface area contributed by atoms with Crippen molar-refractivity contribution in [3.8, 4) is 0 Å². The van der Waals surface area contributed by atoms with Crippen molar-refractivity contribution in [1.29, 1.82) is 0 Å². The van der Waals surface area contributed by atoms with Gasteiger partial charge in [-0.2, -0.15) is 5.10 Å². The molecule has 0 bridgehead atoms. The number of hydrogen-bond donors (Lipinski definition) is 0. The molecule has 2 aromatic carbocycles. The van der Waals surface area contributed by atoms with Gasteiger partial charge in [0.05, 0.1) is 22.6 Å². The van der Waals surface area contributed by atoms with Crippen molar-refractivity contribution in [2.24, 2.45) is 7.05 Å². The smallest absolute Gasteiger partial charge is 0.262 e. The van der Waals surface area contributed by atoms with Gasteiger partial charge in [-0.25, -0.2) is 4.39 Å². The number of fused-ring (bicyclic) bond motifs is 4. The SMILES string of the molecule is Cn1ncc2c(=O)n(CCC(=O)N3CCc4ccccc43)c3cc(F)ccc3c21. The molecule has 6 nitrogen and oxygen atoms in total. The fourth-order valence-electron chi connectivity index (χ4n) is 4.26.